The van der Waals surface area contributed by atoms with Gasteiger partial charge in [0, 0.05) is 44.9 Å². The Morgan fingerprint density at radius 2 is 2.02 bits per heavy atom. The molecule has 0 unspecified atom stereocenters. The number of aromatic nitrogens is 5. The highest BCUT2D eigenvalue weighted by molar-refractivity contribution is 5.94. The summed E-state index contributed by atoms with van der Waals surface area (Å²) in [6, 6.07) is 6.50. The summed E-state index contributed by atoms with van der Waals surface area (Å²) >= 11 is 0. The van der Waals surface area contributed by atoms with Gasteiger partial charge in [0.25, 0.3) is 5.91 Å². The van der Waals surface area contributed by atoms with Crippen molar-refractivity contribution in [1.82, 2.24) is 29.0 Å². The minimum absolute atomic E-state index is 0.0645. The summed E-state index contributed by atoms with van der Waals surface area (Å²) in [6.45, 7) is 5.38. The van der Waals surface area contributed by atoms with E-state index in [9.17, 15) is 14.9 Å². The van der Waals surface area contributed by atoms with Crippen molar-refractivity contribution in [2.45, 2.75) is 39.3 Å². The summed E-state index contributed by atoms with van der Waals surface area (Å²) < 4.78 is 29.5. The Bertz CT molecular complexity index is 1730. The second kappa shape index (κ2) is 10.2. The molecule has 0 fully saturated rings. The molecular weight excluding hydrogens is 531 g/mol. The van der Waals surface area contributed by atoms with Crippen molar-refractivity contribution in [1.29, 1.82) is 5.26 Å². The van der Waals surface area contributed by atoms with Crippen molar-refractivity contribution in [3.8, 4) is 23.1 Å². The normalized spacial score (nSPS) is 12.5. The van der Waals surface area contributed by atoms with Crippen LogP contribution in [0.2, 0.25) is 0 Å². The number of hydrogen-bond donors (Lipinski definition) is 0. The lowest BCUT2D eigenvalue weighted by atomic mass is 10.0. The molecule has 4 heterocycles. The van der Waals surface area contributed by atoms with Crippen LogP contribution in [0, 0.1) is 17.1 Å². The summed E-state index contributed by atoms with van der Waals surface area (Å²) in [7, 11) is 4.93. The van der Waals surface area contributed by atoms with E-state index in [0.29, 0.717) is 35.6 Å². The van der Waals surface area contributed by atoms with E-state index in [-0.39, 0.29) is 41.0 Å². The molecule has 0 atom stereocenters. The molecule has 0 saturated heterocycles. The zero-order chi connectivity index (χ0) is 29.6. The third-order valence-electron chi connectivity index (χ3n) is 6.48. The SMILES string of the molecule is CN(C)C(=O)c1cc(-c2cnc(N(Cc3c(F)ccc4c3CCO4)C(=O)OC(C)(C)C)n3cc(C#N)nc23)n(C)n1. The lowest BCUT2D eigenvalue weighted by molar-refractivity contribution is 0.0574. The molecule has 3 aromatic heterocycles. The Kier molecular flexibility index (Phi) is 6.86. The maximum absolute atomic E-state index is 15.2. The third kappa shape index (κ3) is 5.16. The molecule has 0 bridgehead atoms. The Hall–Kier alpha value is -4.99. The average Bonchev–Trinajstić information content (AvgIpc) is 3.64. The summed E-state index contributed by atoms with van der Waals surface area (Å²) in [5.41, 5.74) is 1.64. The molecule has 12 nitrogen and oxygen atoms in total. The molecule has 5 rings (SSSR count). The van der Waals surface area contributed by atoms with Crippen LogP contribution in [0.1, 0.15) is 48.1 Å². The van der Waals surface area contributed by atoms with Crippen LogP contribution in [-0.4, -0.2) is 67.4 Å². The zero-order valence-electron chi connectivity index (χ0n) is 23.6. The van der Waals surface area contributed by atoms with E-state index in [1.807, 2.05) is 6.07 Å². The van der Waals surface area contributed by atoms with Crippen molar-refractivity contribution >= 4 is 23.6 Å². The lowest BCUT2D eigenvalue weighted by Gasteiger charge is -2.28. The van der Waals surface area contributed by atoms with Gasteiger partial charge < -0.3 is 14.4 Å². The summed E-state index contributed by atoms with van der Waals surface area (Å²) in [6.07, 6.45) is 2.65. The average molecular weight is 561 g/mol. The molecule has 0 aliphatic carbocycles. The van der Waals surface area contributed by atoms with Crippen LogP contribution in [0.3, 0.4) is 0 Å². The van der Waals surface area contributed by atoms with Gasteiger partial charge in [-0.25, -0.2) is 24.1 Å². The van der Waals surface area contributed by atoms with Gasteiger partial charge in [0.1, 0.15) is 23.2 Å². The number of carbonyl (C=O) groups is 2. The fourth-order valence-electron chi connectivity index (χ4n) is 4.63. The number of amides is 2. The molecule has 0 radical (unpaired) electrons. The van der Waals surface area contributed by atoms with Crippen LogP contribution < -0.4 is 9.64 Å². The largest absolute Gasteiger partial charge is 0.493 e. The highest BCUT2D eigenvalue weighted by atomic mass is 19.1. The first-order valence-corrected chi connectivity index (χ1v) is 12.9. The quantitative estimate of drug-likeness (QED) is 0.361. The minimum atomic E-state index is -0.856. The molecule has 4 aromatic rings. The monoisotopic (exact) mass is 560 g/mol. The van der Waals surface area contributed by atoms with Gasteiger partial charge in [0.15, 0.2) is 17.0 Å². The van der Waals surface area contributed by atoms with Gasteiger partial charge in [-0.15, -0.1) is 0 Å². The molecule has 1 aromatic carbocycles. The van der Waals surface area contributed by atoms with Gasteiger partial charge in [-0.1, -0.05) is 0 Å². The van der Waals surface area contributed by atoms with Gasteiger partial charge in [-0.3, -0.25) is 13.9 Å². The van der Waals surface area contributed by atoms with E-state index in [0.717, 1.165) is 0 Å². The van der Waals surface area contributed by atoms with Crippen LogP contribution >= 0.6 is 0 Å². The van der Waals surface area contributed by atoms with Crippen LogP contribution in [0.25, 0.3) is 16.9 Å². The third-order valence-corrected chi connectivity index (χ3v) is 6.48. The highest BCUT2D eigenvalue weighted by Crippen LogP contribution is 2.33. The Balaban J connectivity index is 1.68. The number of nitriles is 1. The number of anilines is 1. The van der Waals surface area contributed by atoms with E-state index in [2.05, 4.69) is 15.1 Å². The van der Waals surface area contributed by atoms with Crippen molar-refractivity contribution < 1.29 is 23.5 Å². The lowest BCUT2D eigenvalue weighted by Crippen LogP contribution is -2.38. The number of aryl methyl sites for hydroxylation is 1. The molecule has 13 heteroatoms. The van der Waals surface area contributed by atoms with Gasteiger partial charge in [0.05, 0.1) is 30.6 Å². The second-order valence-electron chi connectivity index (χ2n) is 10.8. The highest BCUT2D eigenvalue weighted by Gasteiger charge is 2.31. The number of halogens is 1. The maximum Gasteiger partial charge on any atom is 0.417 e. The fraction of sp³-hybridized carbons (Fsp3) is 0.357. The van der Waals surface area contributed by atoms with Crippen LogP contribution in [0.5, 0.6) is 5.75 Å². The van der Waals surface area contributed by atoms with E-state index in [1.165, 1.54) is 37.3 Å². The summed E-state index contributed by atoms with van der Waals surface area (Å²) in [4.78, 5) is 37.8. The van der Waals surface area contributed by atoms with E-state index < -0.39 is 17.5 Å². The summed E-state index contributed by atoms with van der Waals surface area (Å²) in [5, 5.41) is 14.0. The second-order valence-corrected chi connectivity index (χ2v) is 10.8. The molecule has 41 heavy (non-hydrogen) atoms. The Morgan fingerprint density at radius 3 is 2.71 bits per heavy atom. The number of ether oxygens (including phenoxy) is 2. The number of nitrogens with zero attached hydrogens (tertiary/aromatic N) is 8. The van der Waals surface area contributed by atoms with Crippen molar-refractivity contribution in [2.24, 2.45) is 7.05 Å². The predicted octanol–water partition coefficient (Wildman–Crippen LogP) is 3.72. The van der Waals surface area contributed by atoms with E-state index in [1.54, 1.807) is 54.0 Å². The number of imidazole rings is 1. The molecule has 2 amide bonds. The van der Waals surface area contributed by atoms with Crippen molar-refractivity contribution in [2.75, 3.05) is 25.6 Å². The van der Waals surface area contributed by atoms with Crippen molar-refractivity contribution in [3.63, 3.8) is 0 Å². The van der Waals surface area contributed by atoms with Crippen LogP contribution in [-0.2, 0) is 24.8 Å². The molecule has 0 spiro atoms. The Morgan fingerprint density at radius 1 is 1.27 bits per heavy atom. The predicted molar refractivity (Wildman–Crippen MR) is 146 cm³/mol. The molecule has 212 valence electrons. The van der Waals surface area contributed by atoms with Crippen molar-refractivity contribution in [3.05, 3.63) is 58.9 Å². The molecule has 1 aliphatic rings. The number of benzene rings is 1. The first-order chi connectivity index (χ1) is 19.4. The van der Waals surface area contributed by atoms with E-state index in [4.69, 9.17) is 9.47 Å². The Labute approximate surface area is 235 Å². The molecular formula is C28H29FN8O4. The van der Waals surface area contributed by atoms with Gasteiger partial charge in [-0.05, 0) is 39.0 Å². The maximum atomic E-state index is 15.2. The first kappa shape index (κ1) is 27.6. The van der Waals surface area contributed by atoms with Crippen LogP contribution in [0.15, 0.2) is 30.6 Å². The van der Waals surface area contributed by atoms with Gasteiger partial charge in [-0.2, -0.15) is 10.4 Å². The fourth-order valence-corrected chi connectivity index (χ4v) is 4.63. The first-order valence-electron chi connectivity index (χ1n) is 12.9. The molecule has 1 aliphatic heterocycles. The number of hydrogen-bond acceptors (Lipinski definition) is 8. The van der Waals surface area contributed by atoms with Gasteiger partial charge >= 0.3 is 6.09 Å². The molecule has 0 saturated carbocycles. The number of carbonyl (C=O) groups excluding carboxylic acids is 2. The zero-order valence-corrected chi connectivity index (χ0v) is 23.6. The summed E-state index contributed by atoms with van der Waals surface area (Å²) in [5.74, 6) is -0.152. The number of rotatable bonds is 5. The standard InChI is InChI=1S/C28H29FN8O4/c1-28(2,3)41-27(39)37(15-19-17-9-10-40-23(17)8-7-20(19)29)26-31-13-18(24-32-16(12-30)14-36(24)26)22-11-21(33-35(22)6)25(38)34(4)5/h7-8,11,13-14H,9-10,15H2,1-6H3. The van der Waals surface area contributed by atoms with Crippen LogP contribution in [0.4, 0.5) is 15.1 Å². The number of fused-ring (bicyclic) bond motifs is 2. The minimum Gasteiger partial charge on any atom is -0.493 e. The van der Waals surface area contributed by atoms with Gasteiger partial charge in [0.2, 0.25) is 5.95 Å². The van der Waals surface area contributed by atoms with E-state index >= 15 is 4.39 Å². The smallest absolute Gasteiger partial charge is 0.417 e. The molecule has 0 N–H and O–H groups in total. The topological polar surface area (TPSA) is 131 Å².